The first-order valence-electron chi connectivity index (χ1n) is 10.4. The topological polar surface area (TPSA) is 65.6 Å². The number of allylic oxidation sites excluding steroid dienone is 2. The predicted molar refractivity (Wildman–Crippen MR) is 135 cm³/mol. The second kappa shape index (κ2) is 11.7. The lowest BCUT2D eigenvalue weighted by molar-refractivity contribution is -0.119. The summed E-state index contributed by atoms with van der Waals surface area (Å²) in [5.41, 5.74) is 3.47. The molecule has 10 heteroatoms. The third-order valence-electron chi connectivity index (χ3n) is 5.24. The maximum atomic E-state index is 12.4. The Hall–Kier alpha value is -1.29. The predicted octanol–water partition coefficient (Wildman–Crippen LogP) is 3.55. The second-order valence-corrected chi connectivity index (χ2v) is 10.9. The molecule has 172 valence electrons. The zero-order chi connectivity index (χ0) is 22.3. The fourth-order valence-electron chi connectivity index (χ4n) is 3.59. The van der Waals surface area contributed by atoms with Gasteiger partial charge in [-0.2, -0.15) is 0 Å². The zero-order valence-corrected chi connectivity index (χ0v) is 20.6. The molecule has 3 N–H and O–H groups in total. The van der Waals surface area contributed by atoms with E-state index in [-0.39, 0.29) is 16.7 Å². The van der Waals surface area contributed by atoms with Gasteiger partial charge in [0.1, 0.15) is 4.71 Å². The summed E-state index contributed by atoms with van der Waals surface area (Å²) in [7, 11) is 0. The van der Waals surface area contributed by atoms with Gasteiger partial charge in [-0.15, -0.1) is 11.8 Å². The van der Waals surface area contributed by atoms with Crippen molar-refractivity contribution in [3.8, 4) is 0 Å². The van der Waals surface area contributed by atoms with Crippen molar-refractivity contribution < 1.29 is 9.53 Å². The third kappa shape index (κ3) is 6.85. The maximum absolute atomic E-state index is 12.4. The molecule has 32 heavy (non-hydrogen) atoms. The Bertz CT molecular complexity index is 925. The van der Waals surface area contributed by atoms with Crippen molar-refractivity contribution in [1.82, 2.24) is 20.9 Å². The number of halogens is 2. The number of thioether (sulfide) groups is 2. The average Bonchev–Trinajstić information content (AvgIpc) is 3.29. The molecule has 0 radical (unpaired) electrons. The van der Waals surface area contributed by atoms with Crippen LogP contribution in [0.15, 0.2) is 53.2 Å². The first-order chi connectivity index (χ1) is 15.6. The SMILES string of the molecule is O=C(CSC1NC(C2=CC=CNC2)=CS1)NC[C@H]1CN(Cc2ccc(Cl)c(Cl)c2)CCO1. The van der Waals surface area contributed by atoms with Crippen molar-refractivity contribution in [3.05, 3.63) is 68.8 Å². The summed E-state index contributed by atoms with van der Waals surface area (Å²) in [5, 5.41) is 13.0. The molecule has 0 saturated carbocycles. The van der Waals surface area contributed by atoms with E-state index in [1.165, 1.54) is 5.57 Å². The number of hydrogen-bond acceptors (Lipinski definition) is 7. The first kappa shape index (κ1) is 23.9. The first-order valence-corrected chi connectivity index (χ1v) is 13.2. The zero-order valence-electron chi connectivity index (χ0n) is 17.5. The number of dihydropyridines is 1. The Kier molecular flexibility index (Phi) is 8.74. The Morgan fingerprint density at radius 3 is 3.06 bits per heavy atom. The van der Waals surface area contributed by atoms with Crippen LogP contribution in [-0.2, 0) is 16.1 Å². The van der Waals surface area contributed by atoms with Gasteiger partial charge in [-0.3, -0.25) is 9.69 Å². The summed E-state index contributed by atoms with van der Waals surface area (Å²) in [6.45, 7) is 4.37. The van der Waals surface area contributed by atoms with Crippen LogP contribution in [0.4, 0.5) is 0 Å². The largest absolute Gasteiger partial charge is 0.387 e. The number of nitrogens with zero attached hydrogens (tertiary/aromatic N) is 1. The standard InChI is InChI=1S/C22H26Cl2N4O2S2/c23-18-4-3-15(8-19(18)24)11-28-6-7-30-17(12-28)10-26-21(29)14-32-22-27-20(13-31-22)16-2-1-5-25-9-16/h1-5,8,13,17,22,25,27H,6-7,9-12,14H2,(H,26,29)/t17-,22?/m0/s1. The molecular weight excluding hydrogens is 487 g/mol. The van der Waals surface area contributed by atoms with Crippen molar-refractivity contribution >= 4 is 52.6 Å². The molecule has 3 heterocycles. The van der Waals surface area contributed by atoms with E-state index in [2.05, 4.69) is 32.3 Å². The quantitative estimate of drug-likeness (QED) is 0.492. The van der Waals surface area contributed by atoms with Crippen LogP contribution < -0.4 is 16.0 Å². The Labute approximate surface area is 207 Å². The maximum Gasteiger partial charge on any atom is 0.230 e. The summed E-state index contributed by atoms with van der Waals surface area (Å²) in [6, 6.07) is 5.72. The molecule has 0 bridgehead atoms. The minimum Gasteiger partial charge on any atom is -0.387 e. The second-order valence-electron chi connectivity index (χ2n) is 7.67. The van der Waals surface area contributed by atoms with Gasteiger partial charge in [0.05, 0.1) is 28.5 Å². The number of nitrogens with one attached hydrogen (secondary N) is 3. The van der Waals surface area contributed by atoms with E-state index in [0.29, 0.717) is 28.9 Å². The van der Waals surface area contributed by atoms with Gasteiger partial charge in [-0.05, 0) is 41.0 Å². The van der Waals surface area contributed by atoms with E-state index in [4.69, 9.17) is 27.9 Å². The normalized spacial score (nSPS) is 23.2. The van der Waals surface area contributed by atoms with E-state index in [0.717, 1.165) is 37.4 Å². The number of rotatable bonds is 8. The molecule has 1 aromatic carbocycles. The van der Waals surface area contributed by atoms with Crippen molar-refractivity contribution in [1.29, 1.82) is 0 Å². The van der Waals surface area contributed by atoms with Gasteiger partial charge in [0.2, 0.25) is 5.91 Å². The number of carbonyl (C=O) groups is 1. The number of benzene rings is 1. The van der Waals surface area contributed by atoms with E-state index >= 15 is 0 Å². The van der Waals surface area contributed by atoms with Crippen LogP contribution in [0.3, 0.4) is 0 Å². The summed E-state index contributed by atoms with van der Waals surface area (Å²) in [4.78, 5) is 14.7. The molecule has 1 unspecified atom stereocenters. The van der Waals surface area contributed by atoms with Crippen LogP contribution in [0.5, 0.6) is 0 Å². The highest BCUT2D eigenvalue weighted by molar-refractivity contribution is 8.18. The van der Waals surface area contributed by atoms with Crippen LogP contribution in [0.25, 0.3) is 0 Å². The lowest BCUT2D eigenvalue weighted by Gasteiger charge is -2.33. The summed E-state index contributed by atoms with van der Waals surface area (Å²) >= 11 is 15.4. The van der Waals surface area contributed by atoms with Crippen LogP contribution in [0, 0.1) is 0 Å². The summed E-state index contributed by atoms with van der Waals surface area (Å²) in [6.07, 6.45) is 6.01. The van der Waals surface area contributed by atoms with Crippen molar-refractivity contribution in [2.75, 3.05) is 38.5 Å². The van der Waals surface area contributed by atoms with E-state index < -0.39 is 0 Å². The van der Waals surface area contributed by atoms with Crippen LogP contribution in [-0.4, -0.2) is 60.2 Å². The fraction of sp³-hybridized carbons (Fsp3) is 0.409. The van der Waals surface area contributed by atoms with Crippen LogP contribution in [0.2, 0.25) is 10.0 Å². The highest BCUT2D eigenvalue weighted by Crippen LogP contribution is 2.32. The number of carbonyl (C=O) groups excluding carboxylic acids is 1. The van der Waals surface area contributed by atoms with Gasteiger partial charge < -0.3 is 20.7 Å². The van der Waals surface area contributed by atoms with Gasteiger partial charge in [0, 0.05) is 38.4 Å². The lowest BCUT2D eigenvalue weighted by Crippen LogP contribution is -2.47. The molecule has 3 aliphatic rings. The van der Waals surface area contributed by atoms with E-state index in [9.17, 15) is 4.79 Å². The van der Waals surface area contributed by atoms with Crippen molar-refractivity contribution in [3.63, 3.8) is 0 Å². The molecule has 1 aromatic rings. The Morgan fingerprint density at radius 1 is 1.34 bits per heavy atom. The van der Waals surface area contributed by atoms with Gasteiger partial charge >= 0.3 is 0 Å². The van der Waals surface area contributed by atoms with Gasteiger partial charge in [-0.1, -0.05) is 47.1 Å². The van der Waals surface area contributed by atoms with Gasteiger partial charge in [-0.25, -0.2) is 0 Å². The molecule has 1 saturated heterocycles. The summed E-state index contributed by atoms with van der Waals surface area (Å²) in [5.74, 6) is 0.431. The number of ether oxygens (including phenoxy) is 1. The molecule has 3 aliphatic heterocycles. The number of hydrogen-bond donors (Lipinski definition) is 3. The molecule has 2 atom stereocenters. The molecule has 0 aliphatic carbocycles. The molecule has 4 rings (SSSR count). The third-order valence-corrected chi connectivity index (χ3v) is 8.31. The summed E-state index contributed by atoms with van der Waals surface area (Å²) < 4.78 is 5.99. The number of amides is 1. The highest BCUT2D eigenvalue weighted by atomic mass is 35.5. The number of morpholine rings is 1. The van der Waals surface area contributed by atoms with Crippen LogP contribution >= 0.6 is 46.7 Å². The monoisotopic (exact) mass is 512 g/mol. The lowest BCUT2D eigenvalue weighted by atomic mass is 10.1. The van der Waals surface area contributed by atoms with E-state index in [1.54, 1.807) is 23.5 Å². The van der Waals surface area contributed by atoms with Crippen LogP contribution in [0.1, 0.15) is 5.56 Å². The smallest absolute Gasteiger partial charge is 0.230 e. The molecular formula is C22H26Cl2N4O2S2. The Morgan fingerprint density at radius 2 is 2.25 bits per heavy atom. The van der Waals surface area contributed by atoms with Crippen molar-refractivity contribution in [2.24, 2.45) is 0 Å². The Balaban J connectivity index is 1.14. The molecule has 1 fully saturated rings. The van der Waals surface area contributed by atoms with E-state index in [1.807, 2.05) is 30.5 Å². The van der Waals surface area contributed by atoms with Crippen molar-refractivity contribution in [2.45, 2.75) is 17.4 Å². The molecule has 6 nitrogen and oxygen atoms in total. The average molecular weight is 514 g/mol. The minimum absolute atomic E-state index is 0.0217. The fourth-order valence-corrected chi connectivity index (χ4v) is 5.89. The van der Waals surface area contributed by atoms with Gasteiger partial charge in [0.15, 0.2) is 0 Å². The minimum atomic E-state index is -0.0217. The molecule has 1 amide bonds. The molecule has 0 spiro atoms. The highest BCUT2D eigenvalue weighted by Gasteiger charge is 2.23. The molecule has 0 aromatic heterocycles. The van der Waals surface area contributed by atoms with Gasteiger partial charge in [0.25, 0.3) is 0 Å².